The zero-order valence-corrected chi connectivity index (χ0v) is 15.7. The number of nitrogens with one attached hydrogen (secondary N) is 1. The number of likely N-dealkylation sites (tertiary alicyclic amines) is 1. The minimum Gasteiger partial charge on any atom is -0.348 e. The number of aromatic nitrogens is 2. The number of anilines is 1. The van der Waals surface area contributed by atoms with Crippen molar-refractivity contribution in [3.05, 3.63) is 53.9 Å². The Morgan fingerprint density at radius 3 is 2.58 bits per heavy atom. The van der Waals surface area contributed by atoms with E-state index in [-0.39, 0.29) is 18.0 Å². The number of piperidine rings is 1. The fourth-order valence-electron chi connectivity index (χ4n) is 3.47. The van der Waals surface area contributed by atoms with Crippen molar-refractivity contribution >= 4 is 11.9 Å². The zero-order valence-electron chi connectivity index (χ0n) is 15.7. The van der Waals surface area contributed by atoms with Crippen LogP contribution in [0.4, 0.5) is 5.95 Å². The van der Waals surface area contributed by atoms with Crippen molar-refractivity contribution in [1.82, 2.24) is 20.2 Å². The molecule has 2 heterocycles. The fraction of sp³-hybridized carbons (Fsp3) is 0.450. The Balaban J connectivity index is 1.70. The molecule has 1 saturated heterocycles. The van der Waals surface area contributed by atoms with E-state index in [9.17, 15) is 4.79 Å². The summed E-state index contributed by atoms with van der Waals surface area (Å²) in [6, 6.07) is 10.9. The minimum atomic E-state index is -0.103. The van der Waals surface area contributed by atoms with E-state index in [2.05, 4.69) is 51.5 Å². The second kappa shape index (κ2) is 8.27. The number of carbonyl (C=O) groups excluding carboxylic acids is 1. The Bertz CT molecular complexity index is 717. The van der Waals surface area contributed by atoms with Crippen LogP contribution in [0, 0.1) is 0 Å². The molecule has 0 unspecified atom stereocenters. The first-order valence-corrected chi connectivity index (χ1v) is 9.09. The number of hydrogen-bond donors (Lipinski definition) is 1. The van der Waals surface area contributed by atoms with E-state index < -0.39 is 0 Å². The van der Waals surface area contributed by atoms with Gasteiger partial charge in [0, 0.05) is 38.6 Å². The van der Waals surface area contributed by atoms with Crippen molar-refractivity contribution in [2.45, 2.75) is 31.3 Å². The average molecular weight is 353 g/mol. The maximum atomic E-state index is 12.7. The molecule has 138 valence electrons. The number of rotatable bonds is 5. The molecule has 1 fully saturated rings. The lowest BCUT2D eigenvalue weighted by Gasteiger charge is -2.39. The minimum absolute atomic E-state index is 0.103. The Kier molecular flexibility index (Phi) is 5.83. The maximum absolute atomic E-state index is 12.7. The largest absolute Gasteiger partial charge is 0.348 e. The van der Waals surface area contributed by atoms with E-state index in [0.717, 1.165) is 25.8 Å². The smallest absolute Gasteiger partial charge is 0.254 e. The molecule has 1 amide bonds. The highest BCUT2D eigenvalue weighted by Gasteiger charge is 2.30. The molecule has 1 N–H and O–H groups in total. The van der Waals surface area contributed by atoms with E-state index in [0.29, 0.717) is 11.5 Å². The Morgan fingerprint density at radius 2 is 1.92 bits per heavy atom. The summed E-state index contributed by atoms with van der Waals surface area (Å²) in [5.41, 5.74) is 1.80. The van der Waals surface area contributed by atoms with Crippen LogP contribution in [-0.4, -0.2) is 60.5 Å². The van der Waals surface area contributed by atoms with Gasteiger partial charge < -0.3 is 15.1 Å². The molecule has 6 nitrogen and oxygen atoms in total. The van der Waals surface area contributed by atoms with Gasteiger partial charge in [0.25, 0.3) is 5.91 Å². The number of likely N-dealkylation sites (N-methyl/N-ethyl adjacent to an activating group) is 1. The molecule has 0 bridgehead atoms. The molecule has 26 heavy (non-hydrogen) atoms. The highest BCUT2D eigenvalue weighted by atomic mass is 16.1. The lowest BCUT2D eigenvalue weighted by molar-refractivity contribution is 0.0851. The van der Waals surface area contributed by atoms with Crippen LogP contribution in [0.5, 0.6) is 0 Å². The first-order valence-electron chi connectivity index (χ1n) is 9.09. The van der Waals surface area contributed by atoms with Gasteiger partial charge in [-0.3, -0.25) is 4.79 Å². The monoisotopic (exact) mass is 353 g/mol. The van der Waals surface area contributed by atoms with Crippen molar-refractivity contribution in [2.24, 2.45) is 0 Å². The average Bonchev–Trinajstić information content (AvgIpc) is 2.65. The highest BCUT2D eigenvalue weighted by molar-refractivity contribution is 5.93. The topological polar surface area (TPSA) is 61.4 Å². The predicted octanol–water partition coefficient (Wildman–Crippen LogP) is 1.98. The number of amides is 1. The van der Waals surface area contributed by atoms with Gasteiger partial charge in [-0.05, 0) is 38.4 Å². The van der Waals surface area contributed by atoms with Gasteiger partial charge in [-0.2, -0.15) is 0 Å². The first kappa shape index (κ1) is 18.3. The molecule has 2 aromatic rings. The lowest BCUT2D eigenvalue weighted by atomic mass is 9.91. The first-order chi connectivity index (χ1) is 12.5. The molecule has 1 aliphatic rings. The molecule has 0 radical (unpaired) electrons. The van der Waals surface area contributed by atoms with Gasteiger partial charge in [0.1, 0.15) is 0 Å². The second-order valence-electron chi connectivity index (χ2n) is 7.13. The van der Waals surface area contributed by atoms with Gasteiger partial charge in [0.2, 0.25) is 5.95 Å². The van der Waals surface area contributed by atoms with Crippen molar-refractivity contribution in [2.75, 3.05) is 32.6 Å². The summed E-state index contributed by atoms with van der Waals surface area (Å²) in [5, 5.41) is 3.21. The molecule has 0 saturated carbocycles. The zero-order chi connectivity index (χ0) is 18.5. The van der Waals surface area contributed by atoms with Crippen LogP contribution >= 0.6 is 0 Å². The van der Waals surface area contributed by atoms with Crippen molar-refractivity contribution in [1.29, 1.82) is 0 Å². The van der Waals surface area contributed by atoms with Crippen molar-refractivity contribution in [3.63, 3.8) is 0 Å². The summed E-state index contributed by atoms with van der Waals surface area (Å²) in [4.78, 5) is 25.3. The van der Waals surface area contributed by atoms with Gasteiger partial charge in [0.05, 0.1) is 5.56 Å². The van der Waals surface area contributed by atoms with E-state index in [1.807, 2.05) is 25.1 Å². The van der Waals surface area contributed by atoms with Crippen LogP contribution in [0.25, 0.3) is 0 Å². The Labute approximate surface area is 155 Å². The number of nitrogens with zero attached hydrogens (tertiary/aromatic N) is 4. The third-order valence-corrected chi connectivity index (χ3v) is 4.96. The summed E-state index contributed by atoms with van der Waals surface area (Å²) in [6.07, 6.45) is 6.19. The standard InChI is InChI=1S/C20H27N5O/c1-24(2)20-21-13-16(14-22-20)19(26)23-17-10-7-11-25(3)18(17)12-15-8-5-4-6-9-15/h4-6,8-9,13-14,17-18H,7,10-12H2,1-3H3,(H,23,26)/t17-,18-/m0/s1. The van der Waals surface area contributed by atoms with Crippen LogP contribution in [0.3, 0.4) is 0 Å². The number of carbonyl (C=O) groups is 1. The van der Waals surface area contributed by atoms with Gasteiger partial charge in [-0.1, -0.05) is 30.3 Å². The summed E-state index contributed by atoms with van der Waals surface area (Å²) in [6.45, 7) is 1.06. The summed E-state index contributed by atoms with van der Waals surface area (Å²) in [7, 11) is 5.89. The molecule has 1 aromatic carbocycles. The molecule has 6 heteroatoms. The van der Waals surface area contributed by atoms with Crippen molar-refractivity contribution in [3.8, 4) is 0 Å². The van der Waals surface area contributed by atoms with Crippen LogP contribution in [0.15, 0.2) is 42.7 Å². The van der Waals surface area contributed by atoms with E-state index in [1.165, 1.54) is 5.56 Å². The summed E-state index contributed by atoms with van der Waals surface area (Å²) in [5.74, 6) is 0.495. The lowest BCUT2D eigenvalue weighted by Crippen LogP contribution is -2.54. The van der Waals surface area contributed by atoms with Gasteiger partial charge in [0.15, 0.2) is 0 Å². The number of hydrogen-bond acceptors (Lipinski definition) is 5. The second-order valence-corrected chi connectivity index (χ2v) is 7.13. The predicted molar refractivity (Wildman–Crippen MR) is 103 cm³/mol. The van der Waals surface area contributed by atoms with Crippen LogP contribution in [0.1, 0.15) is 28.8 Å². The van der Waals surface area contributed by atoms with Crippen LogP contribution in [-0.2, 0) is 6.42 Å². The Hall–Kier alpha value is -2.47. The maximum Gasteiger partial charge on any atom is 0.254 e. The molecule has 3 rings (SSSR count). The Morgan fingerprint density at radius 1 is 1.23 bits per heavy atom. The fourth-order valence-corrected chi connectivity index (χ4v) is 3.47. The highest BCUT2D eigenvalue weighted by Crippen LogP contribution is 2.20. The van der Waals surface area contributed by atoms with Gasteiger partial charge in [-0.15, -0.1) is 0 Å². The molecule has 2 atom stereocenters. The van der Waals surface area contributed by atoms with E-state index in [1.54, 1.807) is 12.4 Å². The van der Waals surface area contributed by atoms with Gasteiger partial charge >= 0.3 is 0 Å². The third-order valence-electron chi connectivity index (χ3n) is 4.96. The molecule has 1 aromatic heterocycles. The van der Waals surface area contributed by atoms with E-state index >= 15 is 0 Å². The molecule has 0 spiro atoms. The summed E-state index contributed by atoms with van der Waals surface area (Å²) >= 11 is 0. The summed E-state index contributed by atoms with van der Waals surface area (Å²) < 4.78 is 0. The van der Waals surface area contributed by atoms with Crippen LogP contribution < -0.4 is 10.2 Å². The molecule has 0 aliphatic carbocycles. The van der Waals surface area contributed by atoms with Gasteiger partial charge in [-0.25, -0.2) is 9.97 Å². The van der Waals surface area contributed by atoms with Crippen molar-refractivity contribution < 1.29 is 4.79 Å². The molecular weight excluding hydrogens is 326 g/mol. The molecular formula is C20H27N5O. The van der Waals surface area contributed by atoms with E-state index in [4.69, 9.17) is 0 Å². The number of benzene rings is 1. The normalized spacial score (nSPS) is 20.6. The van der Waals surface area contributed by atoms with Crippen LogP contribution in [0.2, 0.25) is 0 Å². The third kappa shape index (κ3) is 4.38. The quantitative estimate of drug-likeness (QED) is 0.891. The SMILES string of the molecule is CN(C)c1ncc(C(=O)N[C@H]2CCCN(C)[C@H]2Cc2ccccc2)cn1. The molecule has 1 aliphatic heterocycles.